The normalized spacial score (nSPS) is 14.2. The second-order valence-electron chi connectivity index (χ2n) is 5.48. The quantitative estimate of drug-likeness (QED) is 0.892. The van der Waals surface area contributed by atoms with Gasteiger partial charge in [-0.1, -0.05) is 24.3 Å². The molecule has 1 heterocycles. The molecule has 116 valence electrons. The lowest BCUT2D eigenvalue weighted by molar-refractivity contribution is 0.282. The highest BCUT2D eigenvalue weighted by atomic mass is 32.2. The van der Waals surface area contributed by atoms with Crippen LogP contribution in [-0.4, -0.2) is 20.1 Å². The molecule has 0 atom stereocenters. The number of aliphatic hydroxyl groups excluding tert-OH is 1. The third-order valence-electron chi connectivity index (χ3n) is 3.95. The SMILES string of the molecule is NS(=O)(=O)c1ccc2c(c1)CCN2Cc1ccc(CO)cc1. The van der Waals surface area contributed by atoms with E-state index in [0.29, 0.717) is 0 Å². The van der Waals surface area contributed by atoms with E-state index in [0.717, 1.165) is 41.9 Å². The largest absolute Gasteiger partial charge is 0.392 e. The highest BCUT2D eigenvalue weighted by Gasteiger charge is 2.21. The minimum Gasteiger partial charge on any atom is -0.392 e. The Morgan fingerprint density at radius 2 is 1.77 bits per heavy atom. The van der Waals surface area contributed by atoms with Crippen molar-refractivity contribution < 1.29 is 13.5 Å². The topological polar surface area (TPSA) is 83.6 Å². The van der Waals surface area contributed by atoms with E-state index in [2.05, 4.69) is 4.90 Å². The maximum absolute atomic E-state index is 11.4. The molecule has 3 rings (SSSR count). The van der Waals surface area contributed by atoms with E-state index in [1.165, 1.54) is 0 Å². The molecule has 0 fully saturated rings. The summed E-state index contributed by atoms with van der Waals surface area (Å²) in [6.07, 6.45) is 0.813. The molecule has 2 aromatic carbocycles. The Morgan fingerprint density at radius 3 is 2.41 bits per heavy atom. The van der Waals surface area contributed by atoms with Crippen molar-refractivity contribution in [3.63, 3.8) is 0 Å². The first kappa shape index (κ1) is 15.0. The van der Waals surface area contributed by atoms with Gasteiger partial charge in [0.25, 0.3) is 0 Å². The summed E-state index contributed by atoms with van der Waals surface area (Å²) in [7, 11) is -3.65. The third kappa shape index (κ3) is 2.99. The van der Waals surface area contributed by atoms with Crippen LogP contribution < -0.4 is 10.0 Å². The number of benzene rings is 2. The van der Waals surface area contributed by atoms with E-state index in [1.54, 1.807) is 12.1 Å². The molecular weight excluding hydrogens is 300 g/mol. The smallest absolute Gasteiger partial charge is 0.238 e. The summed E-state index contributed by atoms with van der Waals surface area (Å²) in [4.78, 5) is 2.39. The second kappa shape index (κ2) is 5.72. The van der Waals surface area contributed by atoms with E-state index < -0.39 is 10.0 Å². The number of aliphatic hydroxyl groups is 1. The van der Waals surface area contributed by atoms with Crippen molar-refractivity contribution in [3.8, 4) is 0 Å². The summed E-state index contributed by atoms with van der Waals surface area (Å²) < 4.78 is 22.8. The van der Waals surface area contributed by atoms with Crippen LogP contribution in [0.15, 0.2) is 47.4 Å². The van der Waals surface area contributed by atoms with E-state index in [-0.39, 0.29) is 11.5 Å². The Morgan fingerprint density at radius 1 is 1.09 bits per heavy atom. The molecule has 5 nitrogen and oxygen atoms in total. The number of nitrogens with zero attached hydrogens (tertiary/aromatic N) is 1. The summed E-state index contributed by atoms with van der Waals surface area (Å²) >= 11 is 0. The molecule has 0 aliphatic carbocycles. The Kier molecular flexibility index (Phi) is 3.90. The highest BCUT2D eigenvalue weighted by molar-refractivity contribution is 7.89. The fraction of sp³-hybridized carbons (Fsp3) is 0.250. The van der Waals surface area contributed by atoms with Crippen LogP contribution in [0.2, 0.25) is 0 Å². The minimum atomic E-state index is -3.65. The number of hydrogen-bond donors (Lipinski definition) is 2. The van der Waals surface area contributed by atoms with Crippen molar-refractivity contribution >= 4 is 15.7 Å². The van der Waals surface area contributed by atoms with Crippen molar-refractivity contribution in [2.24, 2.45) is 5.14 Å². The first-order chi connectivity index (χ1) is 10.5. The van der Waals surface area contributed by atoms with Gasteiger partial charge in [-0.2, -0.15) is 0 Å². The second-order valence-corrected chi connectivity index (χ2v) is 7.04. The number of fused-ring (bicyclic) bond motifs is 1. The molecule has 0 saturated carbocycles. The number of sulfonamides is 1. The zero-order valence-electron chi connectivity index (χ0n) is 12.1. The molecule has 0 bridgehead atoms. The van der Waals surface area contributed by atoms with Gasteiger partial charge in [0.05, 0.1) is 11.5 Å². The van der Waals surface area contributed by atoms with Gasteiger partial charge in [0.15, 0.2) is 0 Å². The summed E-state index contributed by atoms with van der Waals surface area (Å²) in [5.41, 5.74) is 4.11. The van der Waals surface area contributed by atoms with Gasteiger partial charge in [0, 0.05) is 18.8 Å². The predicted molar refractivity (Wildman–Crippen MR) is 84.9 cm³/mol. The Hall–Kier alpha value is -1.89. The molecule has 0 aromatic heterocycles. The molecule has 0 unspecified atom stereocenters. The van der Waals surface area contributed by atoms with Crippen LogP contribution in [0.4, 0.5) is 5.69 Å². The monoisotopic (exact) mass is 318 g/mol. The molecule has 0 spiro atoms. The highest BCUT2D eigenvalue weighted by Crippen LogP contribution is 2.31. The van der Waals surface area contributed by atoms with Crippen LogP contribution >= 0.6 is 0 Å². The first-order valence-corrected chi connectivity index (χ1v) is 8.61. The van der Waals surface area contributed by atoms with E-state index in [1.807, 2.05) is 30.3 Å². The Bertz CT molecular complexity index is 786. The number of anilines is 1. The van der Waals surface area contributed by atoms with Crippen LogP contribution in [0.5, 0.6) is 0 Å². The molecule has 2 aromatic rings. The Balaban J connectivity index is 1.82. The fourth-order valence-electron chi connectivity index (χ4n) is 2.76. The molecule has 22 heavy (non-hydrogen) atoms. The number of primary sulfonamides is 1. The predicted octanol–water partition coefficient (Wildman–Crippen LogP) is 1.39. The third-order valence-corrected chi connectivity index (χ3v) is 4.86. The molecular formula is C16H18N2O3S. The van der Waals surface area contributed by atoms with Gasteiger partial charge in [0.2, 0.25) is 10.0 Å². The lowest BCUT2D eigenvalue weighted by atomic mass is 10.1. The zero-order chi connectivity index (χ0) is 15.7. The van der Waals surface area contributed by atoms with Gasteiger partial charge in [-0.25, -0.2) is 13.6 Å². The maximum atomic E-state index is 11.4. The van der Waals surface area contributed by atoms with Crippen molar-refractivity contribution in [1.29, 1.82) is 0 Å². The maximum Gasteiger partial charge on any atom is 0.238 e. The van der Waals surface area contributed by atoms with Gasteiger partial charge >= 0.3 is 0 Å². The average molecular weight is 318 g/mol. The molecule has 6 heteroatoms. The summed E-state index contributed by atoms with van der Waals surface area (Å²) in [6.45, 7) is 1.65. The van der Waals surface area contributed by atoms with Crippen LogP contribution in [0.3, 0.4) is 0 Å². The van der Waals surface area contributed by atoms with Crippen molar-refractivity contribution in [2.75, 3.05) is 11.4 Å². The fourth-order valence-corrected chi connectivity index (χ4v) is 3.32. The van der Waals surface area contributed by atoms with Crippen LogP contribution in [0.25, 0.3) is 0 Å². The average Bonchev–Trinajstić information content (AvgIpc) is 2.89. The summed E-state index contributed by atoms with van der Waals surface area (Å²) in [5.74, 6) is 0. The van der Waals surface area contributed by atoms with Gasteiger partial charge in [-0.3, -0.25) is 0 Å². The molecule has 0 radical (unpaired) electrons. The minimum absolute atomic E-state index is 0.0448. The molecule has 3 N–H and O–H groups in total. The Labute approximate surface area is 130 Å². The first-order valence-electron chi connectivity index (χ1n) is 7.07. The molecule has 0 saturated heterocycles. The van der Waals surface area contributed by atoms with Crippen molar-refractivity contribution in [1.82, 2.24) is 0 Å². The van der Waals surface area contributed by atoms with Gasteiger partial charge in [-0.05, 0) is 41.3 Å². The number of hydrogen-bond acceptors (Lipinski definition) is 4. The van der Waals surface area contributed by atoms with Crippen molar-refractivity contribution in [2.45, 2.75) is 24.5 Å². The molecule has 0 amide bonds. The van der Waals surface area contributed by atoms with E-state index >= 15 is 0 Å². The van der Waals surface area contributed by atoms with E-state index in [9.17, 15) is 8.42 Å². The number of rotatable bonds is 4. The van der Waals surface area contributed by atoms with Crippen LogP contribution in [0, 0.1) is 0 Å². The zero-order valence-corrected chi connectivity index (χ0v) is 12.9. The molecule has 1 aliphatic rings. The standard InChI is InChI=1S/C16H18N2O3S/c17-22(20,21)15-5-6-16-14(9-15)7-8-18(16)10-12-1-3-13(11-19)4-2-12/h1-6,9,19H,7-8,10-11H2,(H2,17,20,21). The van der Waals surface area contributed by atoms with E-state index in [4.69, 9.17) is 10.2 Å². The summed E-state index contributed by atoms with van der Waals surface area (Å²) in [6, 6.07) is 12.9. The number of nitrogens with two attached hydrogens (primary N) is 1. The van der Waals surface area contributed by atoms with Crippen LogP contribution in [-0.2, 0) is 29.6 Å². The van der Waals surface area contributed by atoms with Gasteiger partial charge < -0.3 is 10.0 Å². The molecule has 1 aliphatic heterocycles. The summed E-state index contributed by atoms with van der Waals surface area (Å²) in [5, 5.41) is 14.2. The van der Waals surface area contributed by atoms with Gasteiger partial charge in [0.1, 0.15) is 0 Å². The lowest BCUT2D eigenvalue weighted by Crippen LogP contribution is -2.19. The van der Waals surface area contributed by atoms with Gasteiger partial charge in [-0.15, -0.1) is 0 Å². The van der Waals surface area contributed by atoms with Crippen molar-refractivity contribution in [3.05, 3.63) is 59.2 Å². The lowest BCUT2D eigenvalue weighted by Gasteiger charge is -2.19. The van der Waals surface area contributed by atoms with Crippen LogP contribution in [0.1, 0.15) is 16.7 Å².